The number of aromatic carboxylic acids is 1. The number of fused-ring (bicyclic) bond motifs is 2. The lowest BCUT2D eigenvalue weighted by atomic mass is 10.1. The summed E-state index contributed by atoms with van der Waals surface area (Å²) in [5, 5.41) is 14.2. The van der Waals surface area contributed by atoms with E-state index in [1.54, 1.807) is 53.1 Å². The summed E-state index contributed by atoms with van der Waals surface area (Å²) in [6, 6.07) is 24.1. The lowest BCUT2D eigenvalue weighted by molar-refractivity contribution is -0.121. The number of rotatable bonds is 6. The molecule has 0 atom stereocenters. The van der Waals surface area contributed by atoms with Crippen molar-refractivity contribution >= 4 is 39.9 Å². The van der Waals surface area contributed by atoms with Gasteiger partial charge in [0.25, 0.3) is 5.91 Å². The molecule has 0 bridgehead atoms. The van der Waals surface area contributed by atoms with E-state index in [4.69, 9.17) is 9.52 Å². The maximum Gasteiger partial charge on any atom is 0.335 e. The van der Waals surface area contributed by atoms with Crippen LogP contribution in [0.4, 0.5) is 0 Å². The van der Waals surface area contributed by atoms with Crippen LogP contribution < -0.4 is 10.9 Å². The molecule has 0 spiro atoms. The molecule has 0 saturated carbocycles. The normalized spacial score (nSPS) is 11.3. The number of aromatic nitrogens is 1. The molecule has 0 saturated heterocycles. The monoisotopic (exact) mass is 465 g/mol. The standard InChI is InChI=1S/C27H19N3O5/c31-25(16-30-22-10-3-1-8-20(22)26(32)21-9-2-4-11-23(21)30)29-28-15-19-12-13-24(35-19)17-6-5-7-18(14-17)27(33)34/h1-15H,16H2,(H,29,31)(H,33,34)/b28-15-. The van der Waals surface area contributed by atoms with Gasteiger partial charge >= 0.3 is 5.97 Å². The first kappa shape index (κ1) is 21.8. The minimum absolute atomic E-state index is 0.0377. The van der Waals surface area contributed by atoms with Gasteiger partial charge in [0, 0.05) is 16.3 Å². The van der Waals surface area contributed by atoms with Crippen molar-refractivity contribution in [3.05, 3.63) is 106 Å². The maximum absolute atomic E-state index is 12.8. The summed E-state index contributed by atoms with van der Waals surface area (Å²) in [4.78, 5) is 36.7. The lowest BCUT2D eigenvalue weighted by Crippen LogP contribution is -2.25. The number of benzene rings is 3. The van der Waals surface area contributed by atoms with Crippen LogP contribution in [0.3, 0.4) is 0 Å². The Hall–Kier alpha value is -4.98. The van der Waals surface area contributed by atoms with Crippen molar-refractivity contribution in [2.75, 3.05) is 0 Å². The first-order valence-electron chi connectivity index (χ1n) is 10.8. The summed E-state index contributed by atoms with van der Waals surface area (Å²) < 4.78 is 7.49. The second kappa shape index (κ2) is 9.11. The van der Waals surface area contributed by atoms with Crippen LogP contribution in [0, 0.1) is 0 Å². The van der Waals surface area contributed by atoms with E-state index in [1.165, 1.54) is 18.3 Å². The molecular formula is C27H19N3O5. The summed E-state index contributed by atoms with van der Waals surface area (Å²) in [6.07, 6.45) is 1.37. The van der Waals surface area contributed by atoms with Crippen LogP contribution in [0.1, 0.15) is 16.1 Å². The summed E-state index contributed by atoms with van der Waals surface area (Å²) >= 11 is 0. The Kier molecular flexibility index (Phi) is 5.68. The Morgan fingerprint density at radius 1 is 0.914 bits per heavy atom. The third-order valence-corrected chi connectivity index (χ3v) is 5.58. The fourth-order valence-corrected chi connectivity index (χ4v) is 3.98. The van der Waals surface area contributed by atoms with Gasteiger partial charge in [-0.3, -0.25) is 9.59 Å². The molecule has 0 aliphatic carbocycles. The van der Waals surface area contributed by atoms with Crippen LogP contribution >= 0.6 is 0 Å². The van der Waals surface area contributed by atoms with Gasteiger partial charge in [0.1, 0.15) is 18.1 Å². The molecule has 8 nitrogen and oxygen atoms in total. The molecule has 2 N–H and O–H groups in total. The van der Waals surface area contributed by atoms with E-state index in [9.17, 15) is 14.4 Å². The fourth-order valence-electron chi connectivity index (χ4n) is 3.98. The molecule has 2 aromatic heterocycles. The van der Waals surface area contributed by atoms with Gasteiger partial charge in [-0.2, -0.15) is 5.10 Å². The van der Waals surface area contributed by atoms with E-state index in [0.717, 1.165) is 0 Å². The zero-order chi connectivity index (χ0) is 24.4. The fraction of sp³-hybridized carbons (Fsp3) is 0.0370. The van der Waals surface area contributed by atoms with E-state index < -0.39 is 5.97 Å². The molecule has 5 rings (SSSR count). The van der Waals surface area contributed by atoms with Crippen LogP contribution in [0.15, 0.2) is 99.2 Å². The van der Waals surface area contributed by atoms with Crippen molar-refractivity contribution in [3.8, 4) is 11.3 Å². The molecule has 3 aromatic carbocycles. The minimum Gasteiger partial charge on any atom is -0.478 e. The average Bonchev–Trinajstić information content (AvgIpc) is 3.35. The number of carboxylic acid groups (broad SMARTS) is 1. The second-order valence-corrected chi connectivity index (χ2v) is 7.83. The zero-order valence-electron chi connectivity index (χ0n) is 18.3. The number of carboxylic acids is 1. The van der Waals surface area contributed by atoms with E-state index in [0.29, 0.717) is 38.9 Å². The number of carbonyl (C=O) groups excluding carboxylic acids is 1. The van der Waals surface area contributed by atoms with Crippen LogP contribution in [-0.2, 0) is 11.3 Å². The van der Waals surface area contributed by atoms with Crippen molar-refractivity contribution in [2.24, 2.45) is 5.10 Å². The van der Waals surface area contributed by atoms with E-state index in [1.807, 2.05) is 24.3 Å². The highest BCUT2D eigenvalue weighted by atomic mass is 16.4. The Bertz CT molecular complexity index is 1620. The van der Waals surface area contributed by atoms with Crippen LogP contribution in [0.25, 0.3) is 33.1 Å². The van der Waals surface area contributed by atoms with Crippen molar-refractivity contribution in [2.45, 2.75) is 6.54 Å². The summed E-state index contributed by atoms with van der Waals surface area (Å²) in [7, 11) is 0. The number of carbonyl (C=O) groups is 2. The largest absolute Gasteiger partial charge is 0.478 e. The van der Waals surface area contributed by atoms with Gasteiger partial charge in [-0.15, -0.1) is 0 Å². The molecule has 0 unspecified atom stereocenters. The number of furan rings is 1. The molecule has 0 aliphatic heterocycles. The van der Waals surface area contributed by atoms with Crippen molar-refractivity contribution in [1.82, 2.24) is 9.99 Å². The molecule has 8 heteroatoms. The Morgan fingerprint density at radius 2 is 1.60 bits per heavy atom. The number of hydrazone groups is 1. The predicted molar refractivity (Wildman–Crippen MR) is 133 cm³/mol. The van der Waals surface area contributed by atoms with Gasteiger partial charge in [0.05, 0.1) is 22.8 Å². The molecular weight excluding hydrogens is 446 g/mol. The smallest absolute Gasteiger partial charge is 0.335 e. The Morgan fingerprint density at radius 3 is 2.29 bits per heavy atom. The van der Waals surface area contributed by atoms with E-state index in [-0.39, 0.29) is 23.4 Å². The van der Waals surface area contributed by atoms with Crippen molar-refractivity contribution in [3.63, 3.8) is 0 Å². The van der Waals surface area contributed by atoms with E-state index >= 15 is 0 Å². The van der Waals surface area contributed by atoms with Crippen LogP contribution in [0.5, 0.6) is 0 Å². The third-order valence-electron chi connectivity index (χ3n) is 5.58. The van der Waals surface area contributed by atoms with Gasteiger partial charge in [0.2, 0.25) is 0 Å². The molecule has 0 radical (unpaired) electrons. The first-order valence-corrected chi connectivity index (χ1v) is 10.8. The topological polar surface area (TPSA) is 114 Å². The highest BCUT2D eigenvalue weighted by Gasteiger charge is 2.13. The molecule has 5 aromatic rings. The zero-order valence-corrected chi connectivity index (χ0v) is 18.3. The van der Waals surface area contributed by atoms with E-state index in [2.05, 4.69) is 10.5 Å². The second-order valence-electron chi connectivity index (χ2n) is 7.83. The molecule has 1 amide bonds. The number of hydrogen-bond acceptors (Lipinski definition) is 5. The van der Waals surface area contributed by atoms with Crippen molar-refractivity contribution < 1.29 is 19.1 Å². The van der Waals surface area contributed by atoms with Gasteiger partial charge < -0.3 is 14.1 Å². The minimum atomic E-state index is -1.02. The highest BCUT2D eigenvalue weighted by molar-refractivity contribution is 5.95. The highest BCUT2D eigenvalue weighted by Crippen LogP contribution is 2.23. The number of amides is 1. The van der Waals surface area contributed by atoms with Crippen molar-refractivity contribution in [1.29, 1.82) is 0 Å². The average molecular weight is 465 g/mol. The molecule has 2 heterocycles. The lowest BCUT2D eigenvalue weighted by Gasteiger charge is -2.14. The number of hydrogen-bond donors (Lipinski definition) is 2. The van der Waals surface area contributed by atoms with Gasteiger partial charge in [-0.1, -0.05) is 36.4 Å². The first-order chi connectivity index (χ1) is 17.0. The summed E-state index contributed by atoms with van der Waals surface area (Å²) in [5.41, 5.74) is 4.51. The number of nitrogens with one attached hydrogen (secondary N) is 1. The predicted octanol–water partition coefficient (Wildman–Crippen LogP) is 4.26. The SMILES string of the molecule is O=C(Cn1c2ccccc2c(=O)c2ccccc21)N/N=C\c1ccc(-c2cccc(C(=O)O)c2)o1. The maximum atomic E-state index is 12.8. The van der Waals surface area contributed by atoms with Crippen LogP contribution in [0.2, 0.25) is 0 Å². The van der Waals surface area contributed by atoms with Gasteiger partial charge in [-0.25, -0.2) is 10.2 Å². The summed E-state index contributed by atoms with van der Waals surface area (Å²) in [6.45, 7) is -0.0377. The Balaban J connectivity index is 1.35. The number of nitrogens with zero attached hydrogens (tertiary/aromatic N) is 2. The third kappa shape index (κ3) is 4.32. The quantitative estimate of drug-likeness (QED) is 0.221. The van der Waals surface area contributed by atoms with Gasteiger partial charge in [-0.05, 0) is 48.5 Å². The molecule has 35 heavy (non-hydrogen) atoms. The van der Waals surface area contributed by atoms with Crippen LogP contribution in [-0.4, -0.2) is 27.8 Å². The summed E-state index contributed by atoms with van der Waals surface area (Å²) in [5.74, 6) is -0.528. The number of para-hydroxylation sites is 2. The Labute approximate surface area is 198 Å². The van der Waals surface area contributed by atoms with Gasteiger partial charge in [0.15, 0.2) is 5.43 Å². The number of pyridine rings is 1. The molecule has 0 aliphatic rings. The molecule has 0 fully saturated rings. The molecule has 172 valence electrons.